The van der Waals surface area contributed by atoms with Crippen LogP contribution in [0.25, 0.3) is 11.8 Å². The maximum Gasteiger partial charge on any atom is 0.416 e. The molecule has 0 saturated heterocycles. The molecule has 1 fully saturated rings. The number of aromatic nitrogens is 4. The van der Waals surface area contributed by atoms with E-state index in [1.807, 2.05) is 0 Å². The van der Waals surface area contributed by atoms with Crippen LogP contribution in [0.1, 0.15) is 46.6 Å². The number of Topliss-reactive ketones (excluding diaryl/α,β-unsaturated/α-hetero) is 1. The van der Waals surface area contributed by atoms with Crippen LogP contribution >= 0.6 is 0 Å². The Labute approximate surface area is 232 Å². The minimum atomic E-state index is -4.69. The van der Waals surface area contributed by atoms with E-state index in [0.29, 0.717) is 28.6 Å². The summed E-state index contributed by atoms with van der Waals surface area (Å²) in [7, 11) is -3.92. The summed E-state index contributed by atoms with van der Waals surface area (Å²) in [5.41, 5.74) is -0.447. The molecule has 0 spiro atoms. The molecule has 4 aromatic rings. The number of fused-ring (bicyclic) bond motifs is 2. The highest BCUT2D eigenvalue weighted by Crippen LogP contribution is 2.52. The third-order valence-electron chi connectivity index (χ3n) is 7.84. The molecule has 2 aliphatic carbocycles. The second-order valence-corrected chi connectivity index (χ2v) is 12.5. The van der Waals surface area contributed by atoms with Crippen LogP contribution in [0.2, 0.25) is 0 Å². The second-order valence-electron chi connectivity index (χ2n) is 10.2. The average Bonchev–Trinajstić information content (AvgIpc) is 3.38. The van der Waals surface area contributed by atoms with Crippen molar-refractivity contribution in [3.8, 4) is 5.69 Å². The normalized spacial score (nSPS) is 20.6. The molecule has 1 aromatic carbocycles. The number of carbonyl (C=O) groups is 1. The van der Waals surface area contributed by atoms with Gasteiger partial charge in [0.05, 0.1) is 38.7 Å². The number of sulfone groups is 1. The number of ketones is 1. The van der Waals surface area contributed by atoms with Gasteiger partial charge in [0.25, 0.3) is 0 Å². The fourth-order valence-corrected chi connectivity index (χ4v) is 7.59. The summed E-state index contributed by atoms with van der Waals surface area (Å²) in [4.78, 5) is 22.1. The van der Waals surface area contributed by atoms with Crippen molar-refractivity contribution in [3.63, 3.8) is 0 Å². The Balaban J connectivity index is 1.47. The molecule has 210 valence electrons. The first-order chi connectivity index (χ1) is 19.5. The molecule has 0 bridgehead atoms. The Bertz CT molecular complexity index is 1780. The van der Waals surface area contributed by atoms with Crippen molar-refractivity contribution in [1.82, 2.24) is 19.7 Å². The molecule has 2 atom stereocenters. The highest BCUT2D eigenvalue weighted by atomic mass is 32.2. The molecule has 6 rings (SSSR count). The smallest absolute Gasteiger partial charge is 0.291 e. The number of alkyl halides is 3. The fraction of sp³-hybridized carbons (Fsp3) is 0.241. The average molecular weight is 583 g/mol. The van der Waals surface area contributed by atoms with E-state index in [1.54, 1.807) is 29.1 Å². The van der Waals surface area contributed by atoms with Crippen molar-refractivity contribution < 1.29 is 30.8 Å². The summed E-state index contributed by atoms with van der Waals surface area (Å²) >= 11 is 0. The zero-order valence-corrected chi connectivity index (χ0v) is 22.2. The zero-order valence-electron chi connectivity index (χ0n) is 21.3. The van der Waals surface area contributed by atoms with Crippen molar-refractivity contribution in [2.75, 3.05) is 0 Å². The third-order valence-corrected chi connectivity index (χ3v) is 10.0. The van der Waals surface area contributed by atoms with Crippen LogP contribution in [0.5, 0.6) is 0 Å². The van der Waals surface area contributed by atoms with Gasteiger partial charge in [-0.25, -0.2) is 17.5 Å². The van der Waals surface area contributed by atoms with Crippen LogP contribution in [0.4, 0.5) is 17.6 Å². The Morgan fingerprint density at radius 3 is 2.54 bits per heavy atom. The van der Waals surface area contributed by atoms with Crippen molar-refractivity contribution in [1.29, 1.82) is 0 Å². The number of benzene rings is 1. The van der Waals surface area contributed by atoms with Crippen LogP contribution in [-0.4, -0.2) is 39.2 Å². The first-order valence-electron chi connectivity index (χ1n) is 12.7. The number of pyridine rings is 2. The van der Waals surface area contributed by atoms with Crippen molar-refractivity contribution >= 4 is 21.7 Å². The lowest BCUT2D eigenvalue weighted by atomic mass is 9.61. The Hall–Kier alpha value is -4.19. The monoisotopic (exact) mass is 582 g/mol. The summed E-state index contributed by atoms with van der Waals surface area (Å²) in [5, 5.41) is 3.45. The number of halogens is 4. The van der Waals surface area contributed by atoms with E-state index in [2.05, 4.69) is 15.1 Å². The molecular formula is C29H22F4N4O3S. The SMILES string of the molecule is O=C(c1cc(C(F)(F)F)ccn1)[C@]12Cc3cnn(-c4ccc(F)cc4)c3C=C1CC[C@H](S(=O)(=O)c1cccnc1)C2. The van der Waals surface area contributed by atoms with E-state index in [4.69, 9.17) is 0 Å². The maximum absolute atomic E-state index is 14.2. The molecular weight excluding hydrogens is 560 g/mol. The minimum Gasteiger partial charge on any atom is -0.291 e. The van der Waals surface area contributed by atoms with Gasteiger partial charge in [-0.3, -0.25) is 14.8 Å². The van der Waals surface area contributed by atoms with Gasteiger partial charge in [0.2, 0.25) is 0 Å². The fourth-order valence-electron chi connectivity index (χ4n) is 5.80. The van der Waals surface area contributed by atoms with Gasteiger partial charge in [-0.2, -0.15) is 18.3 Å². The van der Waals surface area contributed by atoms with Gasteiger partial charge in [0, 0.05) is 18.6 Å². The largest absolute Gasteiger partial charge is 0.416 e. The molecule has 3 heterocycles. The van der Waals surface area contributed by atoms with Crippen molar-refractivity contribution in [2.24, 2.45) is 5.41 Å². The number of allylic oxidation sites excluding steroid dienone is 1. The van der Waals surface area contributed by atoms with Gasteiger partial charge >= 0.3 is 6.18 Å². The van der Waals surface area contributed by atoms with Crippen LogP contribution in [0.15, 0.2) is 83.8 Å². The minimum absolute atomic E-state index is 0.0119. The molecule has 3 aromatic heterocycles. The Morgan fingerprint density at radius 2 is 1.83 bits per heavy atom. The summed E-state index contributed by atoms with van der Waals surface area (Å²) in [6.07, 6.45) is 2.53. The summed E-state index contributed by atoms with van der Waals surface area (Å²) in [5.74, 6) is -1.10. The summed E-state index contributed by atoms with van der Waals surface area (Å²) in [6, 6.07) is 10.1. The number of rotatable bonds is 5. The van der Waals surface area contributed by atoms with Crippen LogP contribution in [0.3, 0.4) is 0 Å². The number of carbonyl (C=O) groups excluding carboxylic acids is 1. The van der Waals surface area contributed by atoms with E-state index in [0.717, 1.165) is 12.3 Å². The summed E-state index contributed by atoms with van der Waals surface area (Å²) < 4.78 is 83.0. The molecule has 0 radical (unpaired) electrons. The second kappa shape index (κ2) is 9.72. The van der Waals surface area contributed by atoms with Crippen molar-refractivity contribution in [3.05, 3.63) is 107 Å². The predicted octanol–water partition coefficient (Wildman–Crippen LogP) is 5.66. The van der Waals surface area contributed by atoms with Gasteiger partial charge < -0.3 is 0 Å². The predicted molar refractivity (Wildman–Crippen MR) is 140 cm³/mol. The first-order valence-corrected chi connectivity index (χ1v) is 14.3. The standard InChI is InChI=1S/C29H22F4N4O3S/c30-21-4-6-22(7-5-21)37-26-13-19-3-8-23(41(39,40)24-2-1-10-34-17-24)15-28(19,14-18(26)16-36-37)27(38)25-12-20(9-11-35-25)29(31,32)33/h1-2,4-7,9-13,16-17,23H,3,8,14-15H2/t23-,28-/m0/s1. The van der Waals surface area contributed by atoms with Crippen LogP contribution in [0, 0.1) is 11.2 Å². The molecule has 7 nitrogen and oxygen atoms in total. The van der Waals surface area contributed by atoms with E-state index < -0.39 is 43.8 Å². The maximum atomic E-state index is 14.2. The first kappa shape index (κ1) is 27.0. The molecule has 0 amide bonds. The number of hydrogen-bond donors (Lipinski definition) is 0. The van der Waals surface area contributed by atoms with E-state index >= 15 is 0 Å². The Morgan fingerprint density at radius 1 is 1.05 bits per heavy atom. The van der Waals surface area contributed by atoms with E-state index in [9.17, 15) is 30.8 Å². The molecule has 0 aliphatic heterocycles. The molecule has 0 N–H and O–H groups in total. The van der Waals surface area contributed by atoms with E-state index in [-0.39, 0.29) is 36.3 Å². The van der Waals surface area contributed by atoms with Gasteiger partial charge in [0.1, 0.15) is 11.5 Å². The van der Waals surface area contributed by atoms with Crippen molar-refractivity contribution in [2.45, 2.75) is 42.0 Å². The Kier molecular flexibility index (Phi) is 6.40. The number of nitrogens with zero attached hydrogens (tertiary/aromatic N) is 4. The molecule has 41 heavy (non-hydrogen) atoms. The number of hydrogen-bond acceptors (Lipinski definition) is 6. The van der Waals surface area contributed by atoms with Gasteiger partial charge in [0.15, 0.2) is 15.6 Å². The highest BCUT2D eigenvalue weighted by Gasteiger charge is 2.52. The molecule has 0 unspecified atom stereocenters. The van der Waals surface area contributed by atoms with E-state index in [1.165, 1.54) is 36.7 Å². The zero-order chi connectivity index (χ0) is 29.0. The quantitative estimate of drug-likeness (QED) is 0.223. The van der Waals surface area contributed by atoms with Crippen LogP contribution < -0.4 is 0 Å². The third kappa shape index (κ3) is 4.65. The lowest BCUT2D eigenvalue weighted by Crippen LogP contribution is -2.46. The lowest BCUT2D eigenvalue weighted by molar-refractivity contribution is -0.137. The topological polar surface area (TPSA) is 94.8 Å². The molecule has 2 aliphatic rings. The molecule has 12 heteroatoms. The highest BCUT2D eigenvalue weighted by molar-refractivity contribution is 7.92. The van der Waals surface area contributed by atoms with Gasteiger partial charge in [-0.15, -0.1) is 0 Å². The van der Waals surface area contributed by atoms with Gasteiger partial charge in [-0.1, -0.05) is 5.57 Å². The summed E-state index contributed by atoms with van der Waals surface area (Å²) in [6.45, 7) is 0. The van der Waals surface area contributed by atoms with Gasteiger partial charge in [-0.05, 0) is 85.9 Å². The van der Waals surface area contributed by atoms with Crippen LogP contribution in [-0.2, 0) is 22.4 Å². The molecule has 1 saturated carbocycles. The lowest BCUT2D eigenvalue weighted by Gasteiger charge is -2.43.